The van der Waals surface area contributed by atoms with Crippen LogP contribution in [0.2, 0.25) is 0 Å². The molecule has 0 aliphatic rings. The summed E-state index contributed by atoms with van der Waals surface area (Å²) < 4.78 is 229. The maximum Gasteiger partial charge on any atom is 0.438 e. The van der Waals surface area contributed by atoms with E-state index in [0.29, 0.717) is 6.92 Å². The number of hydrogen-bond acceptors (Lipinski definition) is 4. The second kappa shape index (κ2) is 11.0. The lowest BCUT2D eigenvalue weighted by molar-refractivity contribution is -0.427. The number of ether oxygens (including phenoxy) is 2. The van der Waals surface area contributed by atoms with Crippen molar-refractivity contribution in [3.8, 4) is 0 Å². The average Bonchev–Trinajstić information content (AvgIpc) is 2.67. The van der Waals surface area contributed by atoms with Crippen LogP contribution in [-0.4, -0.2) is 60.8 Å². The van der Waals surface area contributed by atoms with Crippen LogP contribution in [0, 0.1) is 5.92 Å². The minimum atomic E-state index is -7.85. The molecule has 0 aromatic heterocycles. The van der Waals surface area contributed by atoms with E-state index in [9.17, 15) is 84.2 Å². The van der Waals surface area contributed by atoms with E-state index in [1.807, 2.05) is 0 Å². The number of carbonyl (C=O) groups is 2. The van der Waals surface area contributed by atoms with Crippen molar-refractivity contribution in [3.05, 3.63) is 23.5 Å². The van der Waals surface area contributed by atoms with Gasteiger partial charge in [0.2, 0.25) is 5.92 Å². The second-order valence-electron chi connectivity index (χ2n) is 7.49. The Morgan fingerprint density at radius 1 is 0.692 bits per heavy atom. The molecule has 0 amide bonds. The number of allylic oxidation sites excluding steroid dienone is 1. The smallest absolute Gasteiger partial charge is 0.438 e. The largest absolute Gasteiger partial charge is 0.462 e. The zero-order valence-electron chi connectivity index (χ0n) is 18.8. The van der Waals surface area contributed by atoms with Crippen molar-refractivity contribution in [1.29, 1.82) is 0 Å². The van der Waals surface area contributed by atoms with Crippen LogP contribution in [0.3, 0.4) is 0 Å². The van der Waals surface area contributed by atoms with Gasteiger partial charge in [0.1, 0.15) is 5.76 Å². The Balaban J connectivity index is 6.35. The number of alkyl halides is 17. The van der Waals surface area contributed by atoms with E-state index in [1.54, 1.807) is 0 Å². The van der Waals surface area contributed by atoms with Gasteiger partial charge in [0, 0.05) is 5.57 Å². The predicted molar refractivity (Wildman–Crippen MR) is 90.6 cm³/mol. The molecule has 0 aliphatic carbocycles. The normalized spacial score (nSPS) is 15.2. The van der Waals surface area contributed by atoms with Gasteiger partial charge >= 0.3 is 54.2 Å². The fourth-order valence-electron chi connectivity index (χ4n) is 2.43. The molecule has 0 spiro atoms. The van der Waals surface area contributed by atoms with E-state index in [-0.39, 0.29) is 6.92 Å². The Hall–Kier alpha value is -2.77. The minimum Gasteiger partial charge on any atom is -0.462 e. The van der Waals surface area contributed by atoms with Crippen LogP contribution in [-0.2, 0) is 19.1 Å². The third-order valence-electron chi connectivity index (χ3n) is 4.47. The molecule has 0 aromatic rings. The molecule has 0 fully saturated rings. The number of esters is 2. The molecule has 0 heterocycles. The summed E-state index contributed by atoms with van der Waals surface area (Å²) in [7, 11) is 0. The first-order chi connectivity index (χ1) is 16.9. The van der Waals surface area contributed by atoms with Crippen LogP contribution in [0.15, 0.2) is 23.5 Å². The second-order valence-corrected chi connectivity index (χ2v) is 7.49. The lowest BCUT2D eigenvalue weighted by Crippen LogP contribution is -2.70. The Morgan fingerprint density at radius 3 is 1.38 bits per heavy atom. The lowest BCUT2D eigenvalue weighted by atomic mass is 9.89. The van der Waals surface area contributed by atoms with Crippen LogP contribution in [0.1, 0.15) is 20.3 Å². The highest BCUT2D eigenvalue weighted by Crippen LogP contribution is 2.59. The zero-order chi connectivity index (χ0) is 31.8. The maximum absolute atomic E-state index is 13.7. The molecule has 0 saturated carbocycles. The quantitative estimate of drug-likeness (QED) is 0.120. The molecule has 0 atom stereocenters. The van der Waals surface area contributed by atoms with E-state index in [4.69, 9.17) is 0 Å². The number of rotatable bonds is 9. The van der Waals surface area contributed by atoms with Crippen LogP contribution >= 0.6 is 0 Å². The van der Waals surface area contributed by atoms with Crippen molar-refractivity contribution in [2.75, 3.05) is 6.61 Å². The molecular weight excluding hydrogens is 603 g/mol. The number of halogens is 17. The van der Waals surface area contributed by atoms with Gasteiger partial charge in [0.05, 0.1) is 18.6 Å². The number of carbonyl (C=O) groups excluding carboxylic acids is 2. The zero-order valence-corrected chi connectivity index (χ0v) is 18.8. The molecule has 0 aliphatic heterocycles. The molecular formula is C18H13F17O4. The molecule has 0 unspecified atom stereocenters. The molecule has 0 bridgehead atoms. The summed E-state index contributed by atoms with van der Waals surface area (Å²) in [6.45, 7) is 1.14. The predicted octanol–water partition coefficient (Wildman–Crippen LogP) is 7.16. The summed E-state index contributed by atoms with van der Waals surface area (Å²) >= 11 is 0. The highest BCUT2D eigenvalue weighted by Gasteiger charge is 2.89. The molecule has 0 N–H and O–H groups in total. The van der Waals surface area contributed by atoms with Crippen molar-refractivity contribution in [2.24, 2.45) is 5.92 Å². The standard InChI is InChI=1S/C18H13F17O4/c1-6(2)10(36)39-8(9(13(21,22)23)14(24,25)26)7(3)11(37)38-5-4-12(19,20)16(28,29)15(27,17(30,31)32)18(33,34)35/h9H,1,4-5H2,2-3H3/b8-7-. The van der Waals surface area contributed by atoms with Crippen molar-refractivity contribution < 1.29 is 93.7 Å². The summed E-state index contributed by atoms with van der Waals surface area (Å²) in [6.07, 6.45) is -31.1. The Bertz CT molecular complexity index is 938. The van der Waals surface area contributed by atoms with Crippen LogP contribution in [0.5, 0.6) is 0 Å². The third kappa shape index (κ3) is 7.46. The molecule has 0 aromatic carbocycles. The summed E-state index contributed by atoms with van der Waals surface area (Å²) in [5, 5.41) is 0. The van der Waals surface area contributed by atoms with Crippen molar-refractivity contribution in [3.63, 3.8) is 0 Å². The SMILES string of the molecule is C=C(C)C(=O)O/C(=C(/C)C(=O)OCCC(F)(F)C(F)(F)C(F)(C(F)(F)F)C(F)(F)F)C(C(F)(F)F)C(F)(F)F. The highest BCUT2D eigenvalue weighted by molar-refractivity contribution is 5.91. The van der Waals surface area contributed by atoms with Crippen molar-refractivity contribution in [1.82, 2.24) is 0 Å². The van der Waals surface area contributed by atoms with Crippen LogP contribution in [0.4, 0.5) is 74.6 Å². The van der Waals surface area contributed by atoms with Crippen molar-refractivity contribution >= 4 is 11.9 Å². The maximum atomic E-state index is 13.7. The molecule has 21 heteroatoms. The van der Waals surface area contributed by atoms with Gasteiger partial charge in [-0.15, -0.1) is 0 Å². The third-order valence-corrected chi connectivity index (χ3v) is 4.47. The summed E-state index contributed by atoms with van der Waals surface area (Å²) in [4.78, 5) is 23.4. The van der Waals surface area contributed by atoms with E-state index < -0.39 is 90.0 Å². The van der Waals surface area contributed by atoms with E-state index in [2.05, 4.69) is 16.1 Å². The topological polar surface area (TPSA) is 52.6 Å². The lowest BCUT2D eigenvalue weighted by Gasteiger charge is -2.39. The fourth-order valence-corrected chi connectivity index (χ4v) is 2.43. The van der Waals surface area contributed by atoms with Gasteiger partial charge in [-0.2, -0.15) is 70.2 Å². The molecule has 4 nitrogen and oxygen atoms in total. The van der Waals surface area contributed by atoms with Gasteiger partial charge in [-0.25, -0.2) is 14.0 Å². The summed E-state index contributed by atoms with van der Waals surface area (Å²) in [5.41, 5.74) is -10.7. The highest BCUT2D eigenvalue weighted by atomic mass is 19.4. The molecule has 0 saturated heterocycles. The Labute approximate surface area is 205 Å². The van der Waals surface area contributed by atoms with Gasteiger partial charge in [-0.1, -0.05) is 6.58 Å². The Morgan fingerprint density at radius 2 is 1.08 bits per heavy atom. The van der Waals surface area contributed by atoms with E-state index >= 15 is 0 Å². The minimum absolute atomic E-state index is 0.0144. The average molecular weight is 616 g/mol. The van der Waals surface area contributed by atoms with Crippen LogP contribution in [0.25, 0.3) is 0 Å². The molecule has 228 valence electrons. The van der Waals surface area contributed by atoms with E-state index in [1.165, 1.54) is 0 Å². The number of hydrogen-bond donors (Lipinski definition) is 0. The van der Waals surface area contributed by atoms with Gasteiger partial charge in [-0.05, 0) is 13.8 Å². The summed E-state index contributed by atoms with van der Waals surface area (Å²) in [5.74, 6) is -26.2. The van der Waals surface area contributed by atoms with Gasteiger partial charge in [-0.3, -0.25) is 0 Å². The summed E-state index contributed by atoms with van der Waals surface area (Å²) in [6, 6.07) is 0. The van der Waals surface area contributed by atoms with Crippen LogP contribution < -0.4 is 0 Å². The molecule has 0 rings (SSSR count). The van der Waals surface area contributed by atoms with Gasteiger partial charge in [0.15, 0.2) is 0 Å². The molecule has 39 heavy (non-hydrogen) atoms. The van der Waals surface area contributed by atoms with E-state index in [0.717, 1.165) is 0 Å². The van der Waals surface area contributed by atoms with Gasteiger partial charge in [0.25, 0.3) is 0 Å². The first-order valence-corrected chi connectivity index (χ1v) is 9.35. The Kier molecular flexibility index (Phi) is 10.2. The first kappa shape index (κ1) is 36.2. The van der Waals surface area contributed by atoms with Gasteiger partial charge < -0.3 is 9.47 Å². The fraction of sp³-hybridized carbons (Fsp3) is 0.667. The van der Waals surface area contributed by atoms with Crippen molar-refractivity contribution in [2.45, 2.75) is 62.5 Å². The first-order valence-electron chi connectivity index (χ1n) is 9.35. The monoisotopic (exact) mass is 616 g/mol. The molecule has 0 radical (unpaired) electrons.